The molecule has 0 atom stereocenters. The molecule has 0 bridgehead atoms. The van der Waals surface area contributed by atoms with Crippen molar-refractivity contribution >= 4 is 23.1 Å². The first-order valence-corrected chi connectivity index (χ1v) is 8.78. The maximum absolute atomic E-state index is 13.4. The molecule has 0 unspecified atom stereocenters. The Labute approximate surface area is 165 Å². The van der Waals surface area contributed by atoms with Crippen molar-refractivity contribution in [2.45, 2.75) is 6.92 Å². The third-order valence-electron chi connectivity index (χ3n) is 4.05. The van der Waals surface area contributed by atoms with Crippen LogP contribution in [0, 0.1) is 12.7 Å². The predicted molar refractivity (Wildman–Crippen MR) is 106 cm³/mol. The Balaban J connectivity index is 1.56. The van der Waals surface area contributed by atoms with Crippen LogP contribution in [0.1, 0.15) is 16.2 Å². The van der Waals surface area contributed by atoms with Gasteiger partial charge in [-0.2, -0.15) is 4.98 Å². The Kier molecular flexibility index (Phi) is 4.98. The lowest BCUT2D eigenvalue weighted by Crippen LogP contribution is -2.14. The van der Waals surface area contributed by atoms with E-state index < -0.39 is 0 Å². The number of halogens is 1. The van der Waals surface area contributed by atoms with Gasteiger partial charge < -0.3 is 15.2 Å². The highest BCUT2D eigenvalue weighted by Crippen LogP contribution is 2.23. The van der Waals surface area contributed by atoms with Crippen LogP contribution in [-0.2, 0) is 0 Å². The summed E-state index contributed by atoms with van der Waals surface area (Å²) in [5, 5.41) is 9.69. The van der Waals surface area contributed by atoms with Gasteiger partial charge in [0.1, 0.15) is 11.6 Å². The van der Waals surface area contributed by atoms with Crippen molar-refractivity contribution in [1.82, 2.24) is 15.1 Å². The number of pyridine rings is 1. The molecule has 8 heteroatoms. The van der Waals surface area contributed by atoms with Gasteiger partial charge in [0, 0.05) is 30.1 Å². The van der Waals surface area contributed by atoms with Crippen LogP contribution < -0.4 is 10.6 Å². The van der Waals surface area contributed by atoms with Gasteiger partial charge in [-0.1, -0.05) is 23.4 Å². The molecule has 0 saturated heterocycles. The number of hydrogen-bond acceptors (Lipinski definition) is 6. The third kappa shape index (κ3) is 4.27. The van der Waals surface area contributed by atoms with E-state index in [2.05, 4.69) is 25.8 Å². The van der Waals surface area contributed by atoms with Crippen LogP contribution in [0.5, 0.6) is 0 Å². The van der Waals surface area contributed by atoms with E-state index in [9.17, 15) is 9.18 Å². The van der Waals surface area contributed by atoms with E-state index in [0.717, 1.165) is 0 Å². The SMILES string of the molecule is Cc1nc(-c2cccc(NC(=O)c3cccnc3Nc3cccc(F)c3)c2)no1. The average Bonchev–Trinajstić information content (AvgIpc) is 3.15. The van der Waals surface area contributed by atoms with Gasteiger partial charge in [0.15, 0.2) is 0 Å². The Hall–Kier alpha value is -4.07. The molecule has 0 spiro atoms. The van der Waals surface area contributed by atoms with Gasteiger partial charge in [-0.05, 0) is 42.5 Å². The summed E-state index contributed by atoms with van der Waals surface area (Å²) in [5.41, 5.74) is 2.09. The summed E-state index contributed by atoms with van der Waals surface area (Å²) in [7, 11) is 0. The van der Waals surface area contributed by atoms with Crippen LogP contribution in [0.15, 0.2) is 71.4 Å². The van der Waals surface area contributed by atoms with E-state index in [1.165, 1.54) is 12.1 Å². The highest BCUT2D eigenvalue weighted by Gasteiger charge is 2.14. The second-order valence-electron chi connectivity index (χ2n) is 6.21. The van der Waals surface area contributed by atoms with Crippen molar-refractivity contribution in [3.8, 4) is 11.4 Å². The van der Waals surface area contributed by atoms with Gasteiger partial charge in [-0.25, -0.2) is 9.37 Å². The lowest BCUT2D eigenvalue weighted by molar-refractivity contribution is 0.102. The van der Waals surface area contributed by atoms with E-state index in [1.807, 2.05) is 6.07 Å². The fraction of sp³-hybridized carbons (Fsp3) is 0.0476. The van der Waals surface area contributed by atoms with Gasteiger partial charge in [0.05, 0.1) is 5.56 Å². The van der Waals surface area contributed by atoms with Crippen molar-refractivity contribution in [2.75, 3.05) is 10.6 Å². The lowest BCUT2D eigenvalue weighted by Gasteiger charge is -2.11. The molecule has 0 radical (unpaired) electrons. The molecule has 2 heterocycles. The van der Waals surface area contributed by atoms with Crippen LogP contribution in [0.4, 0.5) is 21.6 Å². The number of amides is 1. The van der Waals surface area contributed by atoms with Gasteiger partial charge >= 0.3 is 0 Å². The maximum atomic E-state index is 13.4. The molecule has 144 valence electrons. The number of carbonyl (C=O) groups excluding carboxylic acids is 1. The summed E-state index contributed by atoms with van der Waals surface area (Å²) in [4.78, 5) is 21.2. The number of nitrogens with one attached hydrogen (secondary N) is 2. The Morgan fingerprint density at radius 2 is 1.86 bits per heavy atom. The van der Waals surface area contributed by atoms with Gasteiger partial charge in [-0.3, -0.25) is 4.79 Å². The highest BCUT2D eigenvalue weighted by atomic mass is 19.1. The maximum Gasteiger partial charge on any atom is 0.259 e. The molecule has 1 amide bonds. The molecule has 0 aliphatic rings. The highest BCUT2D eigenvalue weighted by molar-refractivity contribution is 6.08. The minimum Gasteiger partial charge on any atom is -0.339 e. The normalized spacial score (nSPS) is 10.6. The van der Waals surface area contributed by atoms with E-state index >= 15 is 0 Å². The largest absolute Gasteiger partial charge is 0.339 e. The van der Waals surface area contributed by atoms with Crippen LogP contribution in [0.3, 0.4) is 0 Å². The van der Waals surface area contributed by atoms with Crippen molar-refractivity contribution < 1.29 is 13.7 Å². The summed E-state index contributed by atoms with van der Waals surface area (Å²) >= 11 is 0. The molecule has 4 aromatic rings. The number of benzene rings is 2. The minimum atomic E-state index is -0.384. The Bertz CT molecular complexity index is 1170. The minimum absolute atomic E-state index is 0.317. The Morgan fingerprint density at radius 1 is 1.03 bits per heavy atom. The zero-order valence-corrected chi connectivity index (χ0v) is 15.4. The first-order chi connectivity index (χ1) is 14.1. The molecule has 2 aromatic heterocycles. The van der Waals surface area contributed by atoms with Crippen molar-refractivity contribution in [3.05, 3.63) is 84.1 Å². The quantitative estimate of drug-likeness (QED) is 0.519. The molecule has 0 saturated carbocycles. The van der Waals surface area contributed by atoms with Crippen LogP contribution in [-0.4, -0.2) is 21.0 Å². The van der Waals surface area contributed by atoms with E-state index in [-0.39, 0.29) is 11.7 Å². The van der Waals surface area contributed by atoms with Crippen LogP contribution >= 0.6 is 0 Å². The molecule has 4 rings (SSSR count). The van der Waals surface area contributed by atoms with E-state index in [1.54, 1.807) is 55.6 Å². The zero-order chi connectivity index (χ0) is 20.2. The number of anilines is 3. The number of carbonyl (C=O) groups is 1. The molecule has 2 N–H and O–H groups in total. The van der Waals surface area contributed by atoms with Crippen molar-refractivity contribution in [3.63, 3.8) is 0 Å². The van der Waals surface area contributed by atoms with Gasteiger partial charge in [0.25, 0.3) is 5.91 Å². The number of aryl methyl sites for hydroxylation is 1. The molecular formula is C21H16FN5O2. The average molecular weight is 389 g/mol. The topological polar surface area (TPSA) is 92.9 Å². The molecular weight excluding hydrogens is 373 g/mol. The number of nitrogens with zero attached hydrogens (tertiary/aromatic N) is 3. The third-order valence-corrected chi connectivity index (χ3v) is 4.05. The fourth-order valence-corrected chi connectivity index (χ4v) is 2.74. The molecule has 7 nitrogen and oxygen atoms in total. The number of aromatic nitrogens is 3. The van der Waals surface area contributed by atoms with E-state index in [4.69, 9.17) is 4.52 Å². The summed E-state index contributed by atoms with van der Waals surface area (Å²) in [5.74, 6) is 0.468. The molecule has 29 heavy (non-hydrogen) atoms. The van der Waals surface area contributed by atoms with Crippen molar-refractivity contribution in [1.29, 1.82) is 0 Å². The second kappa shape index (κ2) is 7.89. The smallest absolute Gasteiger partial charge is 0.259 e. The summed E-state index contributed by atoms with van der Waals surface area (Å²) in [6.45, 7) is 1.71. The molecule has 2 aromatic carbocycles. The summed E-state index contributed by atoms with van der Waals surface area (Å²) < 4.78 is 18.4. The zero-order valence-electron chi connectivity index (χ0n) is 15.4. The molecule has 0 aliphatic heterocycles. The van der Waals surface area contributed by atoms with E-state index in [0.29, 0.717) is 40.0 Å². The number of hydrogen-bond donors (Lipinski definition) is 2. The summed E-state index contributed by atoms with van der Waals surface area (Å²) in [6.07, 6.45) is 1.55. The molecule has 0 aliphatic carbocycles. The lowest BCUT2D eigenvalue weighted by atomic mass is 10.1. The van der Waals surface area contributed by atoms with Crippen LogP contribution in [0.2, 0.25) is 0 Å². The fourth-order valence-electron chi connectivity index (χ4n) is 2.74. The predicted octanol–water partition coefficient (Wildman–Crippen LogP) is 4.58. The first-order valence-electron chi connectivity index (χ1n) is 8.78. The molecule has 0 fully saturated rings. The Morgan fingerprint density at radius 3 is 2.66 bits per heavy atom. The monoisotopic (exact) mass is 389 g/mol. The van der Waals surface area contributed by atoms with Gasteiger partial charge in [-0.15, -0.1) is 0 Å². The van der Waals surface area contributed by atoms with Crippen molar-refractivity contribution in [2.24, 2.45) is 0 Å². The van der Waals surface area contributed by atoms with Crippen LogP contribution in [0.25, 0.3) is 11.4 Å². The van der Waals surface area contributed by atoms with Gasteiger partial charge in [0.2, 0.25) is 11.7 Å². The second-order valence-corrected chi connectivity index (χ2v) is 6.21. The summed E-state index contributed by atoms with van der Waals surface area (Å²) in [6, 6.07) is 16.3. The standard InChI is InChI=1S/C21H16FN5O2/c1-13-24-19(27-29-13)14-5-2-7-16(11-14)26-21(28)18-9-4-10-23-20(18)25-17-8-3-6-15(22)12-17/h2-12H,1H3,(H,23,25)(H,26,28). The first kappa shape index (κ1) is 18.3. The number of rotatable bonds is 5.